The molecule has 1 amide bonds. The number of pyridine rings is 1. The van der Waals surface area contributed by atoms with E-state index in [9.17, 15) is 4.79 Å². The number of likely N-dealkylation sites (tertiary alicyclic amines) is 1. The fraction of sp³-hybridized carbons (Fsp3) is 0.350. The predicted octanol–water partition coefficient (Wildman–Crippen LogP) is 3.21. The molecule has 1 aliphatic rings. The average molecular weight is 349 g/mol. The predicted molar refractivity (Wildman–Crippen MR) is 101 cm³/mol. The number of piperidine rings is 1. The Bertz CT molecular complexity index is 919. The zero-order valence-electron chi connectivity index (χ0n) is 14.9. The van der Waals surface area contributed by atoms with E-state index in [0.717, 1.165) is 31.1 Å². The molecule has 0 unspecified atom stereocenters. The normalized spacial score (nSPS) is 18.1. The van der Waals surface area contributed by atoms with Crippen LogP contribution in [0.2, 0.25) is 0 Å². The van der Waals surface area contributed by atoms with E-state index in [1.165, 1.54) is 12.8 Å². The summed E-state index contributed by atoms with van der Waals surface area (Å²) in [5.41, 5.74) is 2.51. The second kappa shape index (κ2) is 7.25. The Balaban J connectivity index is 1.48. The molecule has 3 aromatic rings. The van der Waals surface area contributed by atoms with Gasteiger partial charge in [0.25, 0.3) is 5.91 Å². The van der Waals surface area contributed by atoms with Gasteiger partial charge in [-0.3, -0.25) is 19.4 Å². The number of anilines is 1. The highest BCUT2D eigenvalue weighted by Gasteiger charge is 2.17. The fourth-order valence-electron chi connectivity index (χ4n) is 3.60. The highest BCUT2D eigenvalue weighted by molar-refractivity contribution is 6.03. The lowest BCUT2D eigenvalue weighted by atomic mass is 9.99. The van der Waals surface area contributed by atoms with E-state index < -0.39 is 0 Å². The Hall–Kier alpha value is -2.73. The minimum Gasteiger partial charge on any atom is -0.299 e. The van der Waals surface area contributed by atoms with Crippen molar-refractivity contribution in [1.82, 2.24) is 19.5 Å². The highest BCUT2D eigenvalue weighted by atomic mass is 16.1. The lowest BCUT2D eigenvalue weighted by Gasteiger charge is -2.30. The van der Waals surface area contributed by atoms with Crippen molar-refractivity contribution in [3.05, 3.63) is 59.8 Å². The van der Waals surface area contributed by atoms with Gasteiger partial charge in [0.2, 0.25) is 5.95 Å². The van der Waals surface area contributed by atoms with Gasteiger partial charge in [-0.25, -0.2) is 0 Å². The minimum absolute atomic E-state index is 0.169. The van der Waals surface area contributed by atoms with Crippen molar-refractivity contribution in [2.75, 3.05) is 18.4 Å². The molecule has 1 aromatic carbocycles. The molecule has 0 radical (unpaired) electrons. The molecule has 6 nitrogen and oxygen atoms in total. The van der Waals surface area contributed by atoms with Crippen LogP contribution in [0.4, 0.5) is 5.95 Å². The van der Waals surface area contributed by atoms with Gasteiger partial charge in [-0.1, -0.05) is 25.1 Å². The van der Waals surface area contributed by atoms with Crippen LogP contribution in [0.3, 0.4) is 0 Å². The topological polar surface area (TPSA) is 62.5 Å². The SMILES string of the molecule is C[C@H]1CCCN(Cc2cccc(C(=O)Nc3nnc4ccccn34)c2)C1. The number of benzene rings is 1. The number of amides is 1. The number of aromatic nitrogens is 3. The molecule has 0 saturated carbocycles. The van der Waals surface area contributed by atoms with Crippen molar-refractivity contribution in [2.24, 2.45) is 5.92 Å². The summed E-state index contributed by atoms with van der Waals surface area (Å²) < 4.78 is 1.76. The van der Waals surface area contributed by atoms with Gasteiger partial charge in [-0.2, -0.15) is 0 Å². The largest absolute Gasteiger partial charge is 0.299 e. The maximum Gasteiger partial charge on any atom is 0.258 e. The maximum absolute atomic E-state index is 12.6. The second-order valence-electron chi connectivity index (χ2n) is 7.09. The van der Waals surface area contributed by atoms with Crippen LogP contribution in [0.25, 0.3) is 5.65 Å². The van der Waals surface area contributed by atoms with Crippen molar-refractivity contribution >= 4 is 17.5 Å². The first kappa shape index (κ1) is 16.7. The van der Waals surface area contributed by atoms with Crippen LogP contribution in [0.15, 0.2) is 48.7 Å². The summed E-state index contributed by atoms with van der Waals surface area (Å²) in [6, 6.07) is 13.5. The van der Waals surface area contributed by atoms with Gasteiger partial charge in [-0.15, -0.1) is 10.2 Å². The Kier molecular flexibility index (Phi) is 4.67. The molecule has 3 heterocycles. The number of hydrogen-bond acceptors (Lipinski definition) is 4. The zero-order chi connectivity index (χ0) is 17.9. The van der Waals surface area contributed by atoms with E-state index in [1.54, 1.807) is 4.40 Å². The van der Waals surface area contributed by atoms with Crippen molar-refractivity contribution in [3.63, 3.8) is 0 Å². The van der Waals surface area contributed by atoms with Gasteiger partial charge in [-0.05, 0) is 55.1 Å². The number of nitrogens with zero attached hydrogens (tertiary/aromatic N) is 4. The summed E-state index contributed by atoms with van der Waals surface area (Å²) in [6.07, 6.45) is 4.39. The molecule has 0 spiro atoms. The summed E-state index contributed by atoms with van der Waals surface area (Å²) in [5, 5.41) is 11.0. The Morgan fingerprint density at radius 1 is 1.23 bits per heavy atom. The van der Waals surface area contributed by atoms with Gasteiger partial charge < -0.3 is 0 Å². The summed E-state index contributed by atoms with van der Waals surface area (Å²) in [5.74, 6) is 1.01. The lowest BCUT2D eigenvalue weighted by Crippen LogP contribution is -2.33. The summed E-state index contributed by atoms with van der Waals surface area (Å²) in [4.78, 5) is 15.1. The van der Waals surface area contributed by atoms with Crippen LogP contribution in [0, 0.1) is 5.92 Å². The molecule has 26 heavy (non-hydrogen) atoms. The van der Waals surface area contributed by atoms with Gasteiger partial charge in [0.15, 0.2) is 5.65 Å². The minimum atomic E-state index is -0.169. The van der Waals surface area contributed by atoms with Crippen LogP contribution in [-0.2, 0) is 6.54 Å². The van der Waals surface area contributed by atoms with Gasteiger partial charge in [0, 0.05) is 24.8 Å². The molecule has 1 atom stereocenters. The molecule has 1 saturated heterocycles. The van der Waals surface area contributed by atoms with E-state index in [0.29, 0.717) is 17.2 Å². The van der Waals surface area contributed by atoms with Crippen molar-refractivity contribution in [1.29, 1.82) is 0 Å². The number of carbonyl (C=O) groups excluding carboxylic acids is 1. The first-order valence-electron chi connectivity index (χ1n) is 9.11. The third kappa shape index (κ3) is 3.60. The Labute approximate surface area is 152 Å². The van der Waals surface area contributed by atoms with Gasteiger partial charge in [0.1, 0.15) is 0 Å². The van der Waals surface area contributed by atoms with Crippen LogP contribution in [0.1, 0.15) is 35.7 Å². The van der Waals surface area contributed by atoms with Crippen LogP contribution < -0.4 is 5.32 Å². The Morgan fingerprint density at radius 3 is 3.04 bits per heavy atom. The highest BCUT2D eigenvalue weighted by Crippen LogP contribution is 2.18. The fourth-order valence-corrected chi connectivity index (χ4v) is 3.60. The van der Waals surface area contributed by atoms with Crippen molar-refractivity contribution in [2.45, 2.75) is 26.3 Å². The first-order chi connectivity index (χ1) is 12.7. The smallest absolute Gasteiger partial charge is 0.258 e. The third-order valence-corrected chi connectivity index (χ3v) is 4.88. The number of hydrogen-bond donors (Lipinski definition) is 1. The van der Waals surface area contributed by atoms with E-state index in [-0.39, 0.29) is 5.91 Å². The van der Waals surface area contributed by atoms with Crippen molar-refractivity contribution < 1.29 is 4.79 Å². The number of rotatable bonds is 4. The standard InChI is InChI=1S/C20H23N5O/c1-15-6-5-10-24(13-15)14-16-7-4-8-17(12-16)19(26)21-20-23-22-18-9-2-3-11-25(18)20/h2-4,7-9,11-12,15H,5-6,10,13-14H2,1H3,(H,21,23,26)/t15-/m0/s1. The molecule has 0 aliphatic carbocycles. The summed E-state index contributed by atoms with van der Waals surface area (Å²) >= 11 is 0. The molecular formula is C20H23N5O. The lowest BCUT2D eigenvalue weighted by molar-refractivity contribution is 0.102. The third-order valence-electron chi connectivity index (χ3n) is 4.88. The molecule has 6 heteroatoms. The molecular weight excluding hydrogens is 326 g/mol. The van der Waals surface area contributed by atoms with E-state index in [1.807, 2.05) is 42.6 Å². The van der Waals surface area contributed by atoms with Crippen LogP contribution in [0.5, 0.6) is 0 Å². The Morgan fingerprint density at radius 2 is 2.15 bits per heavy atom. The second-order valence-corrected chi connectivity index (χ2v) is 7.09. The number of fused-ring (bicyclic) bond motifs is 1. The van der Waals surface area contributed by atoms with Gasteiger partial charge in [0.05, 0.1) is 0 Å². The molecule has 1 fully saturated rings. The molecule has 2 aromatic heterocycles. The molecule has 1 N–H and O–H groups in total. The number of carbonyl (C=O) groups is 1. The van der Waals surface area contributed by atoms with Crippen LogP contribution >= 0.6 is 0 Å². The average Bonchev–Trinajstić information content (AvgIpc) is 3.05. The zero-order valence-corrected chi connectivity index (χ0v) is 14.9. The van der Waals surface area contributed by atoms with E-state index >= 15 is 0 Å². The summed E-state index contributed by atoms with van der Waals surface area (Å²) in [6.45, 7) is 5.45. The first-order valence-corrected chi connectivity index (χ1v) is 9.11. The molecule has 4 rings (SSSR count). The van der Waals surface area contributed by atoms with Crippen LogP contribution in [-0.4, -0.2) is 38.5 Å². The molecule has 0 bridgehead atoms. The van der Waals surface area contributed by atoms with Gasteiger partial charge >= 0.3 is 0 Å². The quantitative estimate of drug-likeness (QED) is 0.786. The van der Waals surface area contributed by atoms with E-state index in [4.69, 9.17) is 0 Å². The summed E-state index contributed by atoms with van der Waals surface area (Å²) in [7, 11) is 0. The monoisotopic (exact) mass is 349 g/mol. The molecule has 134 valence electrons. The number of nitrogens with one attached hydrogen (secondary N) is 1. The maximum atomic E-state index is 12.6. The molecule has 1 aliphatic heterocycles. The van der Waals surface area contributed by atoms with Crippen molar-refractivity contribution in [3.8, 4) is 0 Å². The van der Waals surface area contributed by atoms with E-state index in [2.05, 4.69) is 33.4 Å².